The molecule has 240 valence electrons. The summed E-state index contributed by atoms with van der Waals surface area (Å²) in [5.74, 6) is -1.80. The quantitative estimate of drug-likeness (QED) is 0.255. The zero-order valence-corrected chi connectivity index (χ0v) is 26.5. The number of amides is 1. The summed E-state index contributed by atoms with van der Waals surface area (Å²) in [6.45, 7) is 13.2. The minimum atomic E-state index is -1.76. The summed E-state index contributed by atoms with van der Waals surface area (Å²) in [5.41, 5.74) is -1.58. The average Bonchev–Trinajstić information content (AvgIpc) is 2.99. The molecule has 1 aromatic rings. The van der Waals surface area contributed by atoms with Crippen molar-refractivity contribution in [2.24, 2.45) is 33.2 Å². The number of nitrogens with zero attached hydrogens (tertiary/aromatic N) is 2. The van der Waals surface area contributed by atoms with Crippen molar-refractivity contribution in [3.63, 3.8) is 0 Å². The van der Waals surface area contributed by atoms with Crippen LogP contribution >= 0.6 is 0 Å². The predicted octanol–water partition coefficient (Wildman–Crippen LogP) is 3.99. The van der Waals surface area contributed by atoms with Gasteiger partial charge in [-0.15, -0.1) is 6.58 Å². The largest absolute Gasteiger partial charge is 0.481 e. The zero-order valence-electron chi connectivity index (χ0n) is 26.5. The van der Waals surface area contributed by atoms with Crippen LogP contribution in [-0.4, -0.2) is 72.1 Å². The molecule has 2 saturated carbocycles. The van der Waals surface area contributed by atoms with Crippen LogP contribution in [0, 0.1) is 33.9 Å². The monoisotopic (exact) mass is 614 g/mol. The van der Waals surface area contributed by atoms with Gasteiger partial charge in [-0.3, -0.25) is 0 Å². The molecule has 44 heavy (non-hydrogen) atoms. The lowest BCUT2D eigenvalue weighted by Crippen LogP contribution is -2.58. The molecule has 7 atom stereocenters. The van der Waals surface area contributed by atoms with Gasteiger partial charge in [0.25, 0.3) is 0 Å². The third-order valence-electron chi connectivity index (χ3n) is 10.8. The first kappa shape index (κ1) is 33.6. The van der Waals surface area contributed by atoms with Crippen molar-refractivity contribution in [3.8, 4) is 5.75 Å². The minimum absolute atomic E-state index is 0.0993. The van der Waals surface area contributed by atoms with Crippen molar-refractivity contribution in [1.29, 1.82) is 0 Å². The summed E-state index contributed by atoms with van der Waals surface area (Å²) in [4.78, 5) is 37.9. The van der Waals surface area contributed by atoms with Crippen LogP contribution in [0.2, 0.25) is 0 Å². The van der Waals surface area contributed by atoms with E-state index in [4.69, 9.17) is 9.47 Å². The van der Waals surface area contributed by atoms with Crippen LogP contribution in [0.25, 0.3) is 0 Å². The summed E-state index contributed by atoms with van der Waals surface area (Å²) in [6, 6.07) is 2.77. The minimum Gasteiger partial charge on any atom is -0.479 e. The molecule has 1 aliphatic heterocycles. The van der Waals surface area contributed by atoms with Crippen LogP contribution in [0.1, 0.15) is 78.7 Å². The summed E-state index contributed by atoms with van der Waals surface area (Å²) in [6.07, 6.45) is 4.35. The Bertz CT molecular complexity index is 1340. The highest BCUT2D eigenvalue weighted by Gasteiger charge is 2.58. The lowest BCUT2D eigenvalue weighted by Gasteiger charge is -2.60. The number of aliphatic hydroxyl groups excluding tert-OH is 1. The zero-order chi connectivity index (χ0) is 32.6. The number of fused-ring (bicyclic) bond motifs is 3. The van der Waals surface area contributed by atoms with Crippen molar-refractivity contribution in [2.75, 3.05) is 13.7 Å². The lowest BCUT2D eigenvalue weighted by atomic mass is 9.47. The molecular weight excluding hydrogens is 570 g/mol. The number of hydrogen-bond donors (Lipinski definition) is 2. The molecule has 0 unspecified atom stereocenters. The first-order valence-corrected chi connectivity index (χ1v) is 15.2. The maximum Gasteiger partial charge on any atom is 0.481 e. The number of carbonyl (C=O) groups excluding carboxylic acids is 3. The van der Waals surface area contributed by atoms with Crippen molar-refractivity contribution >= 4 is 36.6 Å². The first-order chi connectivity index (χ1) is 20.6. The second kappa shape index (κ2) is 12.6. The molecule has 2 aliphatic carbocycles. The summed E-state index contributed by atoms with van der Waals surface area (Å²) < 4.78 is 31.8. The van der Waals surface area contributed by atoms with E-state index in [0.29, 0.717) is 30.6 Å². The van der Waals surface area contributed by atoms with Gasteiger partial charge in [0.15, 0.2) is 18.2 Å². The van der Waals surface area contributed by atoms with E-state index >= 15 is 4.39 Å². The van der Waals surface area contributed by atoms with Crippen molar-refractivity contribution < 1.29 is 43.1 Å². The second-order valence-corrected chi connectivity index (χ2v) is 13.4. The van der Waals surface area contributed by atoms with Gasteiger partial charge in [0.05, 0.1) is 19.4 Å². The molecule has 0 aromatic heterocycles. The number of ketones is 1. The summed E-state index contributed by atoms with van der Waals surface area (Å²) in [7, 11) is -0.647. The Labute approximate surface area is 258 Å². The molecule has 1 amide bonds. The fraction of sp³-hybridized carbons (Fsp3) is 0.625. The van der Waals surface area contributed by atoms with Crippen molar-refractivity contribution in [3.05, 3.63) is 36.2 Å². The molecule has 12 heteroatoms. The van der Waals surface area contributed by atoms with Crippen molar-refractivity contribution in [1.82, 2.24) is 4.92 Å². The number of carbonyl (C=O) groups is 3. The average molecular weight is 615 g/mol. The highest BCUT2D eigenvalue weighted by Crippen LogP contribution is 2.62. The third kappa shape index (κ3) is 6.02. The maximum atomic E-state index is 15.5. The van der Waals surface area contributed by atoms with Gasteiger partial charge in [-0.2, -0.15) is 5.10 Å². The SMILES string of the molecule is C=C[C@]1(C)C[C@@H](OC(=O)COc2ccc3c(c2F)B(O)N(C(=O)OC)N=C3)[C@@]2(C)C[C@](CCC(C)=O)(CC[C@H]2C)[C@@H](C)[C@@H]1O. The van der Waals surface area contributed by atoms with Gasteiger partial charge in [-0.05, 0) is 74.0 Å². The van der Waals surface area contributed by atoms with E-state index in [0.717, 1.165) is 20.0 Å². The van der Waals surface area contributed by atoms with Crippen LogP contribution < -0.4 is 10.2 Å². The van der Waals surface area contributed by atoms with Gasteiger partial charge in [-0.1, -0.05) is 33.8 Å². The predicted molar refractivity (Wildman–Crippen MR) is 163 cm³/mol. The molecule has 3 aliphatic rings. The number of ether oxygens (including phenoxy) is 3. The van der Waals surface area contributed by atoms with Gasteiger partial charge in [0.1, 0.15) is 11.9 Å². The number of benzene rings is 1. The number of rotatable bonds is 8. The molecule has 2 N–H and O–H groups in total. The van der Waals surface area contributed by atoms with Crippen LogP contribution in [-0.2, 0) is 19.1 Å². The van der Waals surface area contributed by atoms with Crippen LogP contribution in [0.4, 0.5) is 9.18 Å². The van der Waals surface area contributed by atoms with E-state index in [-0.39, 0.29) is 39.8 Å². The van der Waals surface area contributed by atoms with Crippen LogP contribution in [0.15, 0.2) is 29.9 Å². The molecular formula is C32H44BFN2O8. The Morgan fingerprint density at radius 2 is 1.98 bits per heavy atom. The number of halogens is 1. The second-order valence-electron chi connectivity index (χ2n) is 13.4. The molecule has 0 radical (unpaired) electrons. The Hall–Kier alpha value is -3.25. The molecule has 10 nitrogen and oxygen atoms in total. The number of Topliss-reactive ketones (excluding diaryl/α,β-unsaturated/α-hetero) is 1. The maximum absolute atomic E-state index is 15.5. The van der Waals surface area contributed by atoms with E-state index < -0.39 is 54.6 Å². The topological polar surface area (TPSA) is 135 Å². The van der Waals surface area contributed by atoms with E-state index in [9.17, 15) is 24.5 Å². The fourth-order valence-corrected chi connectivity index (χ4v) is 7.53. The van der Waals surface area contributed by atoms with Gasteiger partial charge in [0, 0.05) is 22.7 Å². The standard InChI is InChI=1S/C32H44BFN2O8/c1-8-30(5)15-24(31(6)18-32(13-11-19(31)2,14-12-20(3)37)21(4)28(30)39)44-25(38)17-43-23-10-9-22-16-35-36(29(40)42-7)33(41)26(22)27(23)34/h8-10,16,19,21,24,28,39,41H,1,11-15,17-18H2,2-7H3/t19-,21+,24-,28+,30-,31+,32-/m1/s1. The summed E-state index contributed by atoms with van der Waals surface area (Å²) in [5, 5.41) is 26.1. The van der Waals surface area contributed by atoms with Gasteiger partial charge >= 0.3 is 19.1 Å². The fourth-order valence-electron chi connectivity index (χ4n) is 7.53. The third-order valence-corrected chi connectivity index (χ3v) is 10.8. The number of aliphatic hydroxyl groups is 1. The lowest BCUT2D eigenvalue weighted by molar-refractivity contribution is -0.190. The normalized spacial score (nSPS) is 33.0. The number of hydrazone groups is 1. The van der Waals surface area contributed by atoms with Gasteiger partial charge in [0.2, 0.25) is 0 Å². The van der Waals surface area contributed by atoms with E-state index in [1.165, 1.54) is 18.3 Å². The number of esters is 1. The summed E-state index contributed by atoms with van der Waals surface area (Å²) >= 11 is 0. The Morgan fingerprint density at radius 3 is 2.61 bits per heavy atom. The van der Waals surface area contributed by atoms with E-state index in [1.54, 1.807) is 13.0 Å². The number of hydrogen-bond acceptors (Lipinski definition) is 9. The van der Waals surface area contributed by atoms with Crippen molar-refractivity contribution in [2.45, 2.75) is 85.4 Å². The molecule has 1 aromatic carbocycles. The molecule has 1 heterocycles. The molecule has 0 saturated heterocycles. The molecule has 4 rings (SSSR count). The van der Waals surface area contributed by atoms with E-state index in [2.05, 4.69) is 37.2 Å². The number of methoxy groups -OCH3 is 1. The molecule has 2 fully saturated rings. The van der Waals surface area contributed by atoms with Gasteiger partial charge in [-0.25, -0.2) is 18.9 Å². The van der Waals surface area contributed by atoms with Gasteiger partial charge < -0.3 is 29.1 Å². The molecule has 2 bridgehead atoms. The van der Waals surface area contributed by atoms with Crippen LogP contribution in [0.3, 0.4) is 0 Å². The highest BCUT2D eigenvalue weighted by molar-refractivity contribution is 6.67. The van der Waals surface area contributed by atoms with Crippen LogP contribution in [0.5, 0.6) is 5.75 Å². The molecule has 0 spiro atoms. The Morgan fingerprint density at radius 1 is 1.27 bits per heavy atom. The Balaban J connectivity index is 1.58. The highest BCUT2D eigenvalue weighted by atomic mass is 19.1. The Kier molecular flexibility index (Phi) is 9.66. The first-order valence-electron chi connectivity index (χ1n) is 15.2. The smallest absolute Gasteiger partial charge is 0.479 e. The van der Waals surface area contributed by atoms with E-state index in [1.807, 2.05) is 6.92 Å².